The van der Waals surface area contributed by atoms with Crippen molar-refractivity contribution in [1.29, 1.82) is 0 Å². The molecule has 2 heterocycles. The van der Waals surface area contributed by atoms with Crippen LogP contribution in [0.15, 0.2) is 34.3 Å². The fourth-order valence-electron chi connectivity index (χ4n) is 3.98. The second kappa shape index (κ2) is 9.45. The number of aliphatic hydroxyl groups excluding tert-OH is 1. The first kappa shape index (κ1) is 26.4. The molecular formula is C22H33N4O6PS. The molecule has 0 saturated carbocycles. The molecule has 1 aromatic carbocycles. The maximum atomic E-state index is 13.8. The summed E-state index contributed by atoms with van der Waals surface area (Å²) in [6.07, 6.45) is 1.22. The van der Waals surface area contributed by atoms with Crippen LogP contribution in [-0.2, 0) is 25.1 Å². The normalized spacial score (nSPS) is 25.7. The van der Waals surface area contributed by atoms with Gasteiger partial charge in [-0.15, -0.1) is 0 Å². The van der Waals surface area contributed by atoms with Crippen LogP contribution >= 0.6 is 7.52 Å². The van der Waals surface area contributed by atoms with E-state index in [1.165, 1.54) is 12.1 Å². The number of aliphatic hydroxyl groups is 1. The van der Waals surface area contributed by atoms with Crippen LogP contribution in [0.25, 0.3) is 0 Å². The van der Waals surface area contributed by atoms with E-state index in [1.54, 1.807) is 17.9 Å². The first-order valence-corrected chi connectivity index (χ1v) is 13.8. The van der Waals surface area contributed by atoms with E-state index in [-0.39, 0.29) is 40.2 Å². The topological polar surface area (TPSA) is 141 Å². The Labute approximate surface area is 202 Å². The zero-order chi connectivity index (χ0) is 25.5. The Kier molecular flexibility index (Phi) is 7.34. The van der Waals surface area contributed by atoms with Crippen molar-refractivity contribution < 1.29 is 27.8 Å². The highest BCUT2D eigenvalue weighted by Gasteiger charge is 2.50. The number of hydrogen-bond donors (Lipinski definition) is 4. The molecule has 2 aliphatic rings. The quantitative estimate of drug-likeness (QED) is 0.303. The van der Waals surface area contributed by atoms with E-state index < -0.39 is 30.2 Å². The van der Waals surface area contributed by atoms with Crippen LogP contribution in [0, 0.1) is 5.41 Å². The average Bonchev–Trinajstić information content (AvgIpc) is 2.91. The number of fused-ring (bicyclic) bond motifs is 1. The summed E-state index contributed by atoms with van der Waals surface area (Å²) >= 11 is -2.31. The van der Waals surface area contributed by atoms with Gasteiger partial charge in [0.1, 0.15) is 11.3 Å². The Balaban J connectivity index is 2.08. The minimum Gasteiger partial charge on any atom is -0.509 e. The third-order valence-corrected chi connectivity index (χ3v) is 8.57. The predicted molar refractivity (Wildman–Crippen MR) is 135 cm³/mol. The lowest BCUT2D eigenvalue weighted by Crippen LogP contribution is -2.47. The van der Waals surface area contributed by atoms with Gasteiger partial charge in [-0.05, 0) is 50.3 Å². The van der Waals surface area contributed by atoms with Crippen molar-refractivity contribution >= 4 is 47.2 Å². The van der Waals surface area contributed by atoms with E-state index in [0.717, 1.165) is 6.42 Å². The molecule has 0 spiro atoms. The molecule has 3 rings (SSSR count). The van der Waals surface area contributed by atoms with Gasteiger partial charge < -0.3 is 19.8 Å². The van der Waals surface area contributed by atoms with Gasteiger partial charge in [-0.1, -0.05) is 27.7 Å². The van der Waals surface area contributed by atoms with E-state index in [2.05, 4.69) is 35.6 Å². The van der Waals surface area contributed by atoms with E-state index in [4.69, 9.17) is 9.08 Å². The van der Waals surface area contributed by atoms with Crippen molar-refractivity contribution in [3.8, 4) is 0 Å². The maximum absolute atomic E-state index is 13.8. The summed E-state index contributed by atoms with van der Waals surface area (Å²) in [7, 11) is -3.86. The van der Waals surface area contributed by atoms with Crippen LogP contribution in [0.5, 0.6) is 0 Å². The van der Waals surface area contributed by atoms with Crippen molar-refractivity contribution in [3.63, 3.8) is 0 Å². The van der Waals surface area contributed by atoms with Crippen molar-refractivity contribution in [2.75, 3.05) is 23.2 Å². The molecule has 0 aromatic heterocycles. The number of rotatable bonds is 8. The Hall–Kier alpha value is -2.20. The van der Waals surface area contributed by atoms with Crippen LogP contribution < -0.4 is 15.3 Å². The number of nitrogens with zero attached hydrogens (tertiary/aromatic N) is 2. The molecule has 4 N–H and O–H groups in total. The summed E-state index contributed by atoms with van der Waals surface area (Å²) in [4.78, 5) is 15.2. The minimum absolute atomic E-state index is 0.0124. The van der Waals surface area contributed by atoms with Gasteiger partial charge >= 0.3 is 7.52 Å². The first-order valence-electron chi connectivity index (χ1n) is 11.2. The maximum Gasteiger partial charge on any atom is 0.348 e. The third-order valence-electron chi connectivity index (χ3n) is 6.11. The Morgan fingerprint density at radius 2 is 2.00 bits per heavy atom. The van der Waals surface area contributed by atoms with Crippen LogP contribution in [0.4, 0.5) is 11.4 Å². The molecule has 3 atom stereocenters. The molecule has 34 heavy (non-hydrogen) atoms. The van der Waals surface area contributed by atoms with Crippen molar-refractivity contribution in [2.24, 2.45) is 10.2 Å². The fraction of sp³-hybridized carbons (Fsp3) is 0.545. The van der Waals surface area contributed by atoms with Gasteiger partial charge in [-0.3, -0.25) is 18.6 Å². The Morgan fingerprint density at radius 1 is 1.32 bits per heavy atom. The molecule has 0 aliphatic carbocycles. The third kappa shape index (κ3) is 4.93. The lowest BCUT2D eigenvalue weighted by molar-refractivity contribution is -0.129. The SMILES string of the molecule is CCOP1(=O)N=C(C2=C(O)C(C)(CC)N(CCC(C)(C)C)C2=O)Nc2ccc(NS(=O)O)cc21. The summed E-state index contributed by atoms with van der Waals surface area (Å²) in [5.74, 6) is -0.533. The molecule has 2 aliphatic heterocycles. The monoisotopic (exact) mass is 512 g/mol. The van der Waals surface area contributed by atoms with Crippen molar-refractivity contribution in [3.05, 3.63) is 29.5 Å². The number of carbonyl (C=O) groups is 1. The Morgan fingerprint density at radius 3 is 2.56 bits per heavy atom. The zero-order valence-corrected chi connectivity index (χ0v) is 22.0. The molecule has 1 amide bonds. The summed E-state index contributed by atoms with van der Waals surface area (Å²) in [5.41, 5.74) is -0.332. The number of carbonyl (C=O) groups excluding carboxylic acids is 1. The largest absolute Gasteiger partial charge is 0.509 e. The molecule has 0 radical (unpaired) electrons. The molecule has 10 nitrogen and oxygen atoms in total. The standard InChI is InChI=1S/C22H33N4O6PS/c1-7-22(6)18(27)17(20(28)26(22)12-11-21(3,4)5)19-23-15-10-9-14(25-34(30)31)13-16(15)33(29,24-19)32-8-2/h9-10,13,25,27H,7-8,11-12H2,1-6H3,(H,30,31)(H,23,24,29). The van der Waals surface area contributed by atoms with E-state index in [9.17, 15) is 18.7 Å². The van der Waals surface area contributed by atoms with Crippen LogP contribution in [0.1, 0.15) is 54.4 Å². The lowest BCUT2D eigenvalue weighted by atomic mass is 9.90. The summed E-state index contributed by atoms with van der Waals surface area (Å²) in [5, 5.41) is 14.4. The molecule has 0 fully saturated rings. The average molecular weight is 513 g/mol. The molecule has 0 saturated heterocycles. The van der Waals surface area contributed by atoms with Gasteiger partial charge in [0, 0.05) is 12.2 Å². The van der Waals surface area contributed by atoms with Gasteiger partial charge in [0.2, 0.25) is 0 Å². The van der Waals surface area contributed by atoms with E-state index in [0.29, 0.717) is 18.7 Å². The summed E-state index contributed by atoms with van der Waals surface area (Å²) < 4.78 is 46.2. The van der Waals surface area contributed by atoms with Crippen LogP contribution in [0.2, 0.25) is 0 Å². The molecule has 1 aromatic rings. The number of amidine groups is 1. The van der Waals surface area contributed by atoms with E-state index in [1.807, 2.05) is 13.8 Å². The van der Waals surface area contributed by atoms with Crippen LogP contribution in [-0.4, -0.2) is 49.2 Å². The first-order chi connectivity index (χ1) is 15.8. The van der Waals surface area contributed by atoms with Crippen molar-refractivity contribution in [2.45, 2.75) is 59.9 Å². The Bertz CT molecular complexity index is 1130. The highest BCUT2D eigenvalue weighted by molar-refractivity contribution is 7.80. The lowest BCUT2D eigenvalue weighted by Gasteiger charge is -2.36. The number of anilines is 2. The second-order valence-electron chi connectivity index (χ2n) is 9.71. The summed E-state index contributed by atoms with van der Waals surface area (Å²) in [6.45, 7) is 12.2. The van der Waals surface area contributed by atoms with Crippen molar-refractivity contribution in [1.82, 2.24) is 4.90 Å². The molecule has 188 valence electrons. The fourth-order valence-corrected chi connectivity index (χ4v) is 6.12. The number of benzene rings is 1. The summed E-state index contributed by atoms with van der Waals surface area (Å²) in [6, 6.07) is 4.50. The highest BCUT2D eigenvalue weighted by Crippen LogP contribution is 2.53. The number of hydrogen-bond acceptors (Lipinski definition) is 6. The highest BCUT2D eigenvalue weighted by atomic mass is 32.2. The zero-order valence-electron chi connectivity index (χ0n) is 20.3. The van der Waals surface area contributed by atoms with Gasteiger partial charge in [0.05, 0.1) is 23.1 Å². The molecule has 3 unspecified atom stereocenters. The van der Waals surface area contributed by atoms with Gasteiger partial charge in [-0.25, -0.2) is 4.21 Å². The second-order valence-corrected chi connectivity index (χ2v) is 12.4. The molecule has 0 bridgehead atoms. The molecule has 12 heteroatoms. The smallest absolute Gasteiger partial charge is 0.348 e. The van der Waals surface area contributed by atoms with Gasteiger partial charge in [0.25, 0.3) is 17.2 Å². The van der Waals surface area contributed by atoms with Crippen LogP contribution in [0.3, 0.4) is 0 Å². The van der Waals surface area contributed by atoms with E-state index >= 15 is 0 Å². The molecular weight excluding hydrogens is 479 g/mol. The minimum atomic E-state index is -3.86. The van der Waals surface area contributed by atoms with Gasteiger partial charge in [0.15, 0.2) is 5.84 Å². The number of nitrogens with one attached hydrogen (secondary N) is 2. The van der Waals surface area contributed by atoms with Gasteiger partial charge in [-0.2, -0.15) is 4.76 Å². The predicted octanol–water partition coefficient (Wildman–Crippen LogP) is 4.17. The number of amides is 1.